The van der Waals surface area contributed by atoms with Crippen LogP contribution in [-0.2, 0) is 25.5 Å². The Bertz CT molecular complexity index is 617. The van der Waals surface area contributed by atoms with Gasteiger partial charge in [0.15, 0.2) is 0 Å². The van der Waals surface area contributed by atoms with Gasteiger partial charge in [-0.2, -0.15) is 0 Å². The predicted molar refractivity (Wildman–Crippen MR) is 93.8 cm³/mol. The minimum atomic E-state index is -0.852. The van der Waals surface area contributed by atoms with E-state index in [4.69, 9.17) is 9.47 Å². The average molecular weight is 348 g/mol. The van der Waals surface area contributed by atoms with Gasteiger partial charge >= 0.3 is 12.1 Å². The van der Waals surface area contributed by atoms with Crippen LogP contribution in [0.5, 0.6) is 0 Å². The number of nitrogens with zero attached hydrogens (tertiary/aromatic N) is 1. The van der Waals surface area contributed by atoms with E-state index in [2.05, 4.69) is 10.3 Å². The fourth-order valence-corrected chi connectivity index (χ4v) is 1.96. The average Bonchev–Trinajstić information content (AvgIpc) is 2.53. The first kappa shape index (κ1) is 20.3. The van der Waals surface area contributed by atoms with E-state index in [-0.39, 0.29) is 13.0 Å². The lowest BCUT2D eigenvalue weighted by molar-refractivity contribution is -0.143. The second kappa shape index (κ2) is 9.56. The number of amides is 1. The number of hydrogen-bond acceptors (Lipinski definition) is 6. The van der Waals surface area contributed by atoms with Gasteiger partial charge in [-0.15, -0.1) is 0 Å². The van der Waals surface area contributed by atoms with Crippen molar-refractivity contribution in [1.82, 2.24) is 5.32 Å². The van der Waals surface area contributed by atoms with Gasteiger partial charge in [0, 0.05) is 12.6 Å². The van der Waals surface area contributed by atoms with E-state index in [9.17, 15) is 14.4 Å². The van der Waals surface area contributed by atoms with Crippen LogP contribution in [0, 0.1) is 0 Å². The fourth-order valence-electron chi connectivity index (χ4n) is 1.96. The monoisotopic (exact) mass is 348 g/mol. The molecular weight excluding hydrogens is 324 g/mol. The van der Waals surface area contributed by atoms with Crippen molar-refractivity contribution in [3.63, 3.8) is 0 Å². The highest BCUT2D eigenvalue weighted by Crippen LogP contribution is 2.10. The third kappa shape index (κ3) is 8.10. The maximum absolute atomic E-state index is 11.9. The number of benzene rings is 1. The van der Waals surface area contributed by atoms with Crippen LogP contribution in [0.25, 0.3) is 0 Å². The van der Waals surface area contributed by atoms with E-state index < -0.39 is 23.7 Å². The van der Waals surface area contributed by atoms with Gasteiger partial charge in [-0.1, -0.05) is 24.3 Å². The Kier molecular flexibility index (Phi) is 7.78. The van der Waals surface area contributed by atoms with Crippen molar-refractivity contribution in [2.45, 2.75) is 38.8 Å². The molecule has 1 rings (SSSR count). The van der Waals surface area contributed by atoms with Crippen LogP contribution in [-0.4, -0.2) is 49.9 Å². The van der Waals surface area contributed by atoms with Crippen molar-refractivity contribution >= 4 is 24.6 Å². The number of rotatable bonds is 7. The van der Waals surface area contributed by atoms with Gasteiger partial charge < -0.3 is 19.6 Å². The van der Waals surface area contributed by atoms with E-state index in [0.717, 1.165) is 11.1 Å². The molecule has 1 aromatic carbocycles. The third-order valence-corrected chi connectivity index (χ3v) is 3.02. The lowest BCUT2D eigenvalue weighted by Gasteiger charge is -2.22. The summed E-state index contributed by atoms with van der Waals surface area (Å²) >= 11 is 0. The Morgan fingerprint density at radius 2 is 1.88 bits per heavy atom. The topological polar surface area (TPSA) is 94.1 Å². The lowest BCUT2D eigenvalue weighted by Crippen LogP contribution is -2.45. The molecule has 7 heteroatoms. The van der Waals surface area contributed by atoms with Gasteiger partial charge in [0.05, 0.1) is 13.7 Å². The number of carbonyl (C=O) groups excluding carboxylic acids is 3. The van der Waals surface area contributed by atoms with Crippen molar-refractivity contribution in [3.8, 4) is 0 Å². The summed E-state index contributed by atoms with van der Waals surface area (Å²) < 4.78 is 9.91. The summed E-state index contributed by atoms with van der Waals surface area (Å²) in [6.45, 7) is 5.34. The lowest BCUT2D eigenvalue weighted by atomic mass is 10.0. The van der Waals surface area contributed by atoms with Gasteiger partial charge in [0.1, 0.15) is 17.9 Å². The molecule has 0 radical (unpaired) electrons. The SMILES string of the molecule is COC(=O)C(Cc1ccc(C=NCC=O)cc1)NC(=O)OC(C)(C)C. The minimum absolute atomic E-state index is 0.117. The molecule has 0 heterocycles. The Balaban J connectivity index is 2.76. The molecule has 0 aliphatic rings. The van der Waals surface area contributed by atoms with Crippen LogP contribution in [0.15, 0.2) is 29.3 Å². The molecule has 0 spiro atoms. The van der Waals surface area contributed by atoms with Gasteiger partial charge in [-0.3, -0.25) is 4.99 Å². The molecule has 25 heavy (non-hydrogen) atoms. The molecule has 1 N–H and O–H groups in total. The Hall–Kier alpha value is -2.70. The maximum Gasteiger partial charge on any atom is 0.408 e. The normalized spacial score (nSPS) is 12.5. The van der Waals surface area contributed by atoms with E-state index in [1.54, 1.807) is 27.0 Å². The summed E-state index contributed by atoms with van der Waals surface area (Å²) in [6.07, 6.45) is 1.89. The minimum Gasteiger partial charge on any atom is -0.467 e. The fraction of sp³-hybridized carbons (Fsp3) is 0.444. The maximum atomic E-state index is 11.9. The molecule has 1 amide bonds. The number of hydrogen-bond donors (Lipinski definition) is 1. The standard InChI is InChI=1S/C18H24N2O5/c1-18(2,3)25-17(23)20-15(16(22)24-4)11-13-5-7-14(8-6-13)12-19-9-10-21/h5-8,10,12,15H,9,11H2,1-4H3,(H,20,23). The molecule has 136 valence electrons. The molecule has 0 aliphatic heterocycles. The number of alkyl carbamates (subject to hydrolysis) is 1. The van der Waals surface area contributed by atoms with Crippen LogP contribution in [0.4, 0.5) is 4.79 Å². The summed E-state index contributed by atoms with van der Waals surface area (Å²) in [4.78, 5) is 38.0. The number of aldehydes is 1. The summed E-state index contributed by atoms with van der Waals surface area (Å²) in [5, 5.41) is 2.53. The number of carbonyl (C=O) groups is 3. The number of methoxy groups -OCH3 is 1. The second-order valence-electron chi connectivity index (χ2n) is 6.33. The number of ether oxygens (including phenoxy) is 2. The van der Waals surface area contributed by atoms with Crippen LogP contribution >= 0.6 is 0 Å². The third-order valence-electron chi connectivity index (χ3n) is 3.02. The van der Waals surface area contributed by atoms with Crippen LogP contribution in [0.2, 0.25) is 0 Å². The summed E-state index contributed by atoms with van der Waals surface area (Å²) in [5.41, 5.74) is 1.01. The van der Waals surface area contributed by atoms with Gasteiger partial charge in [-0.05, 0) is 31.9 Å². The Morgan fingerprint density at radius 3 is 2.40 bits per heavy atom. The molecule has 1 atom stereocenters. The number of esters is 1. The molecule has 0 fully saturated rings. The van der Waals surface area contributed by atoms with Gasteiger partial charge in [-0.25, -0.2) is 9.59 Å². The first-order valence-corrected chi connectivity index (χ1v) is 7.85. The van der Waals surface area contributed by atoms with Crippen LogP contribution in [0.3, 0.4) is 0 Å². The molecule has 1 aromatic rings. The van der Waals surface area contributed by atoms with Crippen LogP contribution in [0.1, 0.15) is 31.9 Å². The van der Waals surface area contributed by atoms with E-state index in [0.29, 0.717) is 6.29 Å². The van der Waals surface area contributed by atoms with Crippen LogP contribution < -0.4 is 5.32 Å². The van der Waals surface area contributed by atoms with E-state index in [1.807, 2.05) is 24.3 Å². The number of aliphatic imine (C=N–C) groups is 1. The molecule has 0 aliphatic carbocycles. The highest BCUT2D eigenvalue weighted by Gasteiger charge is 2.25. The summed E-state index contributed by atoms with van der Waals surface area (Å²) in [5.74, 6) is -0.553. The number of nitrogens with one attached hydrogen (secondary N) is 1. The zero-order valence-electron chi connectivity index (χ0n) is 14.9. The first-order valence-electron chi connectivity index (χ1n) is 7.85. The smallest absolute Gasteiger partial charge is 0.408 e. The molecule has 0 saturated heterocycles. The van der Waals surface area contributed by atoms with Crippen molar-refractivity contribution in [3.05, 3.63) is 35.4 Å². The molecule has 0 saturated carbocycles. The van der Waals surface area contributed by atoms with Crippen molar-refractivity contribution in [2.24, 2.45) is 4.99 Å². The molecular formula is C18H24N2O5. The van der Waals surface area contributed by atoms with E-state index in [1.165, 1.54) is 7.11 Å². The Labute approximate surface area is 147 Å². The van der Waals surface area contributed by atoms with E-state index >= 15 is 0 Å². The highest BCUT2D eigenvalue weighted by molar-refractivity contribution is 5.82. The zero-order chi connectivity index (χ0) is 18.9. The largest absolute Gasteiger partial charge is 0.467 e. The zero-order valence-corrected chi connectivity index (χ0v) is 14.9. The van der Waals surface area contributed by atoms with Crippen molar-refractivity contribution in [2.75, 3.05) is 13.7 Å². The molecule has 1 unspecified atom stereocenters. The first-order chi connectivity index (χ1) is 11.7. The molecule has 0 aromatic heterocycles. The highest BCUT2D eigenvalue weighted by atomic mass is 16.6. The molecule has 7 nitrogen and oxygen atoms in total. The predicted octanol–water partition coefficient (Wildman–Crippen LogP) is 1.91. The molecule has 0 bridgehead atoms. The van der Waals surface area contributed by atoms with Gasteiger partial charge in [0.25, 0.3) is 0 Å². The quantitative estimate of drug-likeness (QED) is 0.461. The second-order valence-corrected chi connectivity index (χ2v) is 6.33. The van der Waals surface area contributed by atoms with Gasteiger partial charge in [0.2, 0.25) is 0 Å². The van der Waals surface area contributed by atoms with Crippen molar-refractivity contribution < 1.29 is 23.9 Å². The van der Waals surface area contributed by atoms with Crippen molar-refractivity contribution in [1.29, 1.82) is 0 Å². The Morgan fingerprint density at radius 1 is 1.24 bits per heavy atom. The summed E-state index contributed by atoms with van der Waals surface area (Å²) in [6, 6.07) is 6.40. The summed E-state index contributed by atoms with van der Waals surface area (Å²) in [7, 11) is 1.26.